The first-order valence-corrected chi connectivity index (χ1v) is 3.78. The van der Waals surface area contributed by atoms with E-state index in [1.165, 1.54) is 25.3 Å². The first kappa shape index (κ1) is 10.0. The highest BCUT2D eigenvalue weighted by Gasteiger charge is 2.15. The lowest BCUT2D eigenvalue weighted by Gasteiger charge is -2.05. The van der Waals surface area contributed by atoms with E-state index in [1.807, 2.05) is 0 Å². The zero-order valence-electron chi connectivity index (χ0n) is 7.48. The largest absolute Gasteiger partial charge is 0.478 e. The van der Waals surface area contributed by atoms with Crippen LogP contribution in [0.1, 0.15) is 20.7 Å². The molecule has 0 aliphatic rings. The van der Waals surface area contributed by atoms with Crippen LogP contribution in [0.2, 0.25) is 0 Å². The summed E-state index contributed by atoms with van der Waals surface area (Å²) < 4.78 is 4.44. The Morgan fingerprint density at radius 1 is 1.36 bits per heavy atom. The van der Waals surface area contributed by atoms with Crippen molar-refractivity contribution < 1.29 is 19.4 Å². The van der Waals surface area contributed by atoms with Gasteiger partial charge in [-0.3, -0.25) is 0 Å². The van der Waals surface area contributed by atoms with Crippen LogP contribution in [-0.4, -0.2) is 24.2 Å². The molecule has 3 N–H and O–H groups in total. The van der Waals surface area contributed by atoms with Gasteiger partial charge in [0.1, 0.15) is 0 Å². The number of para-hydroxylation sites is 1. The Bertz CT molecular complexity index is 386. The van der Waals surface area contributed by atoms with Gasteiger partial charge in [0.15, 0.2) is 0 Å². The smallest absolute Gasteiger partial charge is 0.339 e. The summed E-state index contributed by atoms with van der Waals surface area (Å²) in [6, 6.07) is 4.17. The third-order valence-corrected chi connectivity index (χ3v) is 1.74. The molecule has 74 valence electrons. The van der Waals surface area contributed by atoms with Gasteiger partial charge < -0.3 is 15.6 Å². The van der Waals surface area contributed by atoms with Crippen LogP contribution in [0.5, 0.6) is 0 Å². The van der Waals surface area contributed by atoms with Crippen LogP contribution in [0.4, 0.5) is 5.69 Å². The number of hydrogen-bond acceptors (Lipinski definition) is 4. The summed E-state index contributed by atoms with van der Waals surface area (Å²) in [6.45, 7) is 0. The van der Waals surface area contributed by atoms with Crippen molar-refractivity contribution in [2.75, 3.05) is 12.8 Å². The van der Waals surface area contributed by atoms with Gasteiger partial charge in [0.05, 0.1) is 23.9 Å². The van der Waals surface area contributed by atoms with Crippen molar-refractivity contribution in [3.05, 3.63) is 29.3 Å². The van der Waals surface area contributed by atoms with Gasteiger partial charge in [-0.2, -0.15) is 0 Å². The van der Waals surface area contributed by atoms with Crippen molar-refractivity contribution in [1.82, 2.24) is 0 Å². The molecular formula is C9H9NO4. The van der Waals surface area contributed by atoms with E-state index in [9.17, 15) is 9.59 Å². The lowest BCUT2D eigenvalue weighted by atomic mass is 10.1. The van der Waals surface area contributed by atoms with Crippen LogP contribution in [0.15, 0.2) is 18.2 Å². The number of nitrogen functional groups attached to an aromatic ring is 1. The lowest BCUT2D eigenvalue weighted by molar-refractivity contribution is 0.0602. The van der Waals surface area contributed by atoms with E-state index in [4.69, 9.17) is 10.8 Å². The van der Waals surface area contributed by atoms with Gasteiger partial charge in [-0.05, 0) is 12.1 Å². The third-order valence-electron chi connectivity index (χ3n) is 1.74. The molecule has 0 aromatic heterocycles. The van der Waals surface area contributed by atoms with Gasteiger partial charge in [0.2, 0.25) is 0 Å². The van der Waals surface area contributed by atoms with Gasteiger partial charge in [0.25, 0.3) is 0 Å². The summed E-state index contributed by atoms with van der Waals surface area (Å²) in [5.41, 5.74) is 5.36. The second-order valence-corrected chi connectivity index (χ2v) is 2.56. The number of carbonyl (C=O) groups is 2. The van der Waals surface area contributed by atoms with E-state index in [0.29, 0.717) is 0 Å². The van der Waals surface area contributed by atoms with Crippen molar-refractivity contribution in [3.63, 3.8) is 0 Å². The Balaban J connectivity index is 3.27. The molecule has 0 fully saturated rings. The molecule has 0 heterocycles. The molecule has 0 radical (unpaired) electrons. The molecule has 0 bridgehead atoms. The second kappa shape index (κ2) is 3.78. The van der Waals surface area contributed by atoms with Crippen molar-refractivity contribution in [2.24, 2.45) is 0 Å². The molecule has 0 saturated heterocycles. The first-order chi connectivity index (χ1) is 6.57. The number of benzene rings is 1. The zero-order chi connectivity index (χ0) is 10.7. The van der Waals surface area contributed by atoms with Gasteiger partial charge in [0, 0.05) is 0 Å². The number of carbonyl (C=O) groups excluding carboxylic acids is 1. The summed E-state index contributed by atoms with van der Waals surface area (Å²) in [6.07, 6.45) is 0. The molecule has 0 amide bonds. The summed E-state index contributed by atoms with van der Waals surface area (Å²) >= 11 is 0. The number of carboxylic acid groups (broad SMARTS) is 1. The van der Waals surface area contributed by atoms with E-state index in [-0.39, 0.29) is 16.8 Å². The van der Waals surface area contributed by atoms with Crippen molar-refractivity contribution in [2.45, 2.75) is 0 Å². The molecule has 1 aromatic carbocycles. The van der Waals surface area contributed by atoms with E-state index in [2.05, 4.69) is 4.74 Å². The zero-order valence-corrected chi connectivity index (χ0v) is 7.48. The molecule has 0 spiro atoms. The fourth-order valence-corrected chi connectivity index (χ4v) is 1.04. The second-order valence-electron chi connectivity index (χ2n) is 2.56. The molecule has 0 atom stereocenters. The minimum absolute atomic E-state index is 0.0624. The maximum atomic E-state index is 11.1. The Kier molecular flexibility index (Phi) is 2.71. The predicted octanol–water partition coefficient (Wildman–Crippen LogP) is 0.754. The van der Waals surface area contributed by atoms with Crippen LogP contribution in [0.25, 0.3) is 0 Å². The highest BCUT2D eigenvalue weighted by molar-refractivity contribution is 6.02. The van der Waals surface area contributed by atoms with Crippen molar-refractivity contribution in [1.29, 1.82) is 0 Å². The Morgan fingerprint density at radius 3 is 2.43 bits per heavy atom. The summed E-state index contributed by atoms with van der Waals surface area (Å²) in [5, 5.41) is 8.71. The van der Waals surface area contributed by atoms with Gasteiger partial charge in [-0.25, -0.2) is 9.59 Å². The number of carboxylic acids is 1. The number of hydrogen-bond donors (Lipinski definition) is 2. The molecule has 14 heavy (non-hydrogen) atoms. The highest BCUT2D eigenvalue weighted by Crippen LogP contribution is 2.18. The number of ether oxygens (including phenoxy) is 1. The first-order valence-electron chi connectivity index (χ1n) is 3.78. The van der Waals surface area contributed by atoms with Crippen LogP contribution in [0.3, 0.4) is 0 Å². The summed E-state index contributed by atoms with van der Waals surface area (Å²) in [7, 11) is 1.20. The fourth-order valence-electron chi connectivity index (χ4n) is 1.04. The van der Waals surface area contributed by atoms with Crippen molar-refractivity contribution in [3.8, 4) is 0 Å². The molecular weight excluding hydrogens is 186 g/mol. The number of nitrogens with two attached hydrogens (primary N) is 1. The SMILES string of the molecule is COC(=O)c1cccc(C(=O)O)c1N. The fraction of sp³-hybridized carbons (Fsp3) is 0.111. The molecule has 0 unspecified atom stereocenters. The number of anilines is 1. The molecule has 5 nitrogen and oxygen atoms in total. The van der Waals surface area contributed by atoms with E-state index in [1.54, 1.807) is 0 Å². The summed E-state index contributed by atoms with van der Waals surface area (Å²) in [4.78, 5) is 21.8. The van der Waals surface area contributed by atoms with Crippen LogP contribution in [0, 0.1) is 0 Å². The van der Waals surface area contributed by atoms with E-state index in [0.717, 1.165) is 0 Å². The third kappa shape index (κ3) is 1.66. The molecule has 0 aliphatic heterocycles. The lowest BCUT2D eigenvalue weighted by Crippen LogP contribution is -2.10. The number of esters is 1. The topological polar surface area (TPSA) is 89.6 Å². The maximum Gasteiger partial charge on any atom is 0.339 e. The van der Waals surface area contributed by atoms with Crippen molar-refractivity contribution >= 4 is 17.6 Å². The van der Waals surface area contributed by atoms with Gasteiger partial charge in [-0.15, -0.1) is 0 Å². The quantitative estimate of drug-likeness (QED) is 0.537. The average molecular weight is 195 g/mol. The highest BCUT2D eigenvalue weighted by atomic mass is 16.5. The minimum atomic E-state index is -1.17. The number of aromatic carboxylic acids is 1. The van der Waals surface area contributed by atoms with E-state index >= 15 is 0 Å². The summed E-state index contributed by atoms with van der Waals surface area (Å²) in [5.74, 6) is -1.82. The molecule has 5 heteroatoms. The Labute approximate surface area is 80.1 Å². The molecule has 1 rings (SSSR count). The minimum Gasteiger partial charge on any atom is -0.478 e. The van der Waals surface area contributed by atoms with Crippen LogP contribution < -0.4 is 5.73 Å². The Morgan fingerprint density at radius 2 is 1.93 bits per heavy atom. The number of rotatable bonds is 2. The molecule has 0 saturated carbocycles. The van der Waals surface area contributed by atoms with Gasteiger partial charge in [-0.1, -0.05) is 6.07 Å². The number of methoxy groups -OCH3 is 1. The normalized spacial score (nSPS) is 9.50. The Hall–Kier alpha value is -2.04. The van der Waals surface area contributed by atoms with E-state index < -0.39 is 11.9 Å². The molecule has 1 aromatic rings. The standard InChI is InChI=1S/C9H9NO4/c1-14-9(13)6-4-2-3-5(7(6)10)8(11)12/h2-4H,10H2,1H3,(H,11,12). The van der Waals surface area contributed by atoms with Crippen LogP contribution in [-0.2, 0) is 4.74 Å². The average Bonchev–Trinajstić information content (AvgIpc) is 2.16. The van der Waals surface area contributed by atoms with Crippen LogP contribution >= 0.6 is 0 Å². The molecule has 0 aliphatic carbocycles. The van der Waals surface area contributed by atoms with Gasteiger partial charge >= 0.3 is 11.9 Å². The maximum absolute atomic E-state index is 11.1. The monoisotopic (exact) mass is 195 g/mol. The predicted molar refractivity (Wildman–Crippen MR) is 49.2 cm³/mol.